The van der Waals surface area contributed by atoms with Crippen LogP contribution in [0.3, 0.4) is 0 Å². The highest BCUT2D eigenvalue weighted by Gasteiger charge is 2.36. The predicted molar refractivity (Wildman–Crippen MR) is 103 cm³/mol. The quantitative estimate of drug-likeness (QED) is 0.819. The van der Waals surface area contributed by atoms with Gasteiger partial charge in [-0.2, -0.15) is 9.40 Å². The third-order valence-corrected chi connectivity index (χ3v) is 7.20. The third kappa shape index (κ3) is 4.06. The van der Waals surface area contributed by atoms with Gasteiger partial charge in [0, 0.05) is 13.1 Å². The molecule has 0 saturated carbocycles. The number of piperidine rings is 1. The molecular formula is C19H26N4O3S. The maximum absolute atomic E-state index is 13.0. The number of amides is 1. The lowest BCUT2D eigenvalue weighted by Crippen LogP contribution is -2.46. The highest BCUT2D eigenvalue weighted by Crippen LogP contribution is 2.27. The second-order valence-electron chi connectivity index (χ2n) is 7.11. The largest absolute Gasteiger partial charge is 0.349 e. The Kier molecular flexibility index (Phi) is 5.67. The van der Waals surface area contributed by atoms with E-state index in [0.717, 1.165) is 5.56 Å². The highest BCUT2D eigenvalue weighted by molar-refractivity contribution is 7.89. The van der Waals surface area contributed by atoms with Gasteiger partial charge in [-0.1, -0.05) is 30.3 Å². The standard InChI is InChI=1S/C19H26N4O3S/c1-13(16-8-5-4-6-9-16)20-19(24)17-10-7-11-23(12-17)27(25,26)18-14(2)21-22-15(18)3/h4-6,8-9,13,17H,7,10-12H2,1-3H3,(H,20,24)(H,21,22). The van der Waals surface area contributed by atoms with Gasteiger partial charge in [0.2, 0.25) is 15.9 Å². The van der Waals surface area contributed by atoms with E-state index in [1.807, 2.05) is 37.3 Å². The number of benzene rings is 1. The van der Waals surface area contributed by atoms with Gasteiger partial charge >= 0.3 is 0 Å². The molecule has 2 aromatic rings. The van der Waals surface area contributed by atoms with Gasteiger partial charge in [-0.05, 0) is 39.2 Å². The summed E-state index contributed by atoms with van der Waals surface area (Å²) in [6.45, 7) is 5.92. The van der Waals surface area contributed by atoms with Crippen LogP contribution < -0.4 is 5.32 Å². The Bertz CT molecular complexity index is 889. The van der Waals surface area contributed by atoms with Crippen molar-refractivity contribution in [3.05, 3.63) is 47.3 Å². The number of aryl methyl sites for hydroxylation is 2. The number of carbonyl (C=O) groups is 1. The van der Waals surface area contributed by atoms with E-state index in [-0.39, 0.29) is 29.3 Å². The molecule has 0 radical (unpaired) electrons. The minimum Gasteiger partial charge on any atom is -0.349 e. The van der Waals surface area contributed by atoms with Crippen LogP contribution >= 0.6 is 0 Å². The van der Waals surface area contributed by atoms with Crippen LogP contribution in [0.25, 0.3) is 0 Å². The van der Waals surface area contributed by atoms with Crippen LogP contribution in [0.4, 0.5) is 0 Å². The number of sulfonamides is 1. The van der Waals surface area contributed by atoms with Crippen LogP contribution in [0.5, 0.6) is 0 Å². The fourth-order valence-electron chi connectivity index (χ4n) is 3.58. The Balaban J connectivity index is 1.71. The lowest BCUT2D eigenvalue weighted by atomic mass is 9.98. The zero-order valence-corrected chi connectivity index (χ0v) is 16.7. The molecule has 27 heavy (non-hydrogen) atoms. The molecule has 2 unspecified atom stereocenters. The molecule has 2 N–H and O–H groups in total. The Hall–Kier alpha value is -2.19. The maximum atomic E-state index is 13.0. The van der Waals surface area contributed by atoms with Gasteiger partial charge in [0.25, 0.3) is 0 Å². The van der Waals surface area contributed by atoms with Crippen LogP contribution in [0.15, 0.2) is 35.2 Å². The minimum absolute atomic E-state index is 0.105. The van der Waals surface area contributed by atoms with Crippen LogP contribution in [0, 0.1) is 19.8 Å². The molecule has 7 nitrogen and oxygen atoms in total. The summed E-state index contributed by atoms with van der Waals surface area (Å²) in [4.78, 5) is 12.9. The van der Waals surface area contributed by atoms with E-state index in [9.17, 15) is 13.2 Å². The summed E-state index contributed by atoms with van der Waals surface area (Å²) in [7, 11) is -3.67. The number of hydrogen-bond donors (Lipinski definition) is 2. The molecule has 8 heteroatoms. The van der Waals surface area contributed by atoms with Crippen molar-refractivity contribution in [3.8, 4) is 0 Å². The molecule has 0 aliphatic carbocycles. The first-order valence-electron chi connectivity index (χ1n) is 9.17. The van der Waals surface area contributed by atoms with Gasteiger partial charge in [-0.3, -0.25) is 9.89 Å². The summed E-state index contributed by atoms with van der Waals surface area (Å²) in [5, 5.41) is 9.74. The molecule has 0 bridgehead atoms. The lowest BCUT2D eigenvalue weighted by Gasteiger charge is -2.32. The summed E-state index contributed by atoms with van der Waals surface area (Å²) in [5.41, 5.74) is 2.00. The Labute approximate surface area is 160 Å². The van der Waals surface area contributed by atoms with E-state index in [1.54, 1.807) is 13.8 Å². The Morgan fingerprint density at radius 1 is 1.30 bits per heavy atom. The van der Waals surface area contributed by atoms with Crippen molar-refractivity contribution in [2.24, 2.45) is 5.92 Å². The van der Waals surface area contributed by atoms with Crippen molar-refractivity contribution in [1.82, 2.24) is 19.8 Å². The summed E-state index contributed by atoms with van der Waals surface area (Å²) in [5.74, 6) is -0.459. The van der Waals surface area contributed by atoms with E-state index < -0.39 is 10.0 Å². The lowest BCUT2D eigenvalue weighted by molar-refractivity contribution is -0.126. The maximum Gasteiger partial charge on any atom is 0.246 e. The van der Waals surface area contributed by atoms with E-state index in [0.29, 0.717) is 30.8 Å². The van der Waals surface area contributed by atoms with Gasteiger partial charge < -0.3 is 5.32 Å². The normalized spacial score (nSPS) is 19.6. The predicted octanol–water partition coefficient (Wildman–Crippen LogP) is 2.30. The Morgan fingerprint density at radius 3 is 2.63 bits per heavy atom. The smallest absolute Gasteiger partial charge is 0.246 e. The average Bonchev–Trinajstić information content (AvgIpc) is 3.01. The molecule has 2 atom stereocenters. The summed E-state index contributed by atoms with van der Waals surface area (Å²) < 4.78 is 27.5. The molecule has 0 spiro atoms. The second-order valence-corrected chi connectivity index (χ2v) is 8.98. The SMILES string of the molecule is Cc1n[nH]c(C)c1S(=O)(=O)N1CCCC(C(=O)NC(C)c2ccccc2)C1. The number of aromatic nitrogens is 2. The van der Waals surface area contributed by atoms with Crippen molar-refractivity contribution in [2.45, 2.75) is 44.6 Å². The molecule has 1 fully saturated rings. The van der Waals surface area contributed by atoms with Gasteiger partial charge in [0.1, 0.15) is 4.90 Å². The van der Waals surface area contributed by atoms with E-state index in [2.05, 4.69) is 15.5 Å². The monoisotopic (exact) mass is 390 g/mol. The molecule has 1 aromatic carbocycles. The second kappa shape index (κ2) is 7.82. The number of nitrogens with zero attached hydrogens (tertiary/aromatic N) is 2. The van der Waals surface area contributed by atoms with Crippen molar-refractivity contribution in [2.75, 3.05) is 13.1 Å². The summed E-state index contributed by atoms with van der Waals surface area (Å²) >= 11 is 0. The van der Waals surface area contributed by atoms with Gasteiger partial charge in [-0.15, -0.1) is 0 Å². The first-order chi connectivity index (χ1) is 12.8. The fourth-order valence-corrected chi connectivity index (χ4v) is 5.44. The summed E-state index contributed by atoms with van der Waals surface area (Å²) in [6.07, 6.45) is 1.34. The summed E-state index contributed by atoms with van der Waals surface area (Å²) in [6, 6.07) is 9.61. The minimum atomic E-state index is -3.67. The zero-order valence-electron chi connectivity index (χ0n) is 15.9. The topological polar surface area (TPSA) is 95.2 Å². The molecule has 146 valence electrons. The number of H-pyrrole nitrogens is 1. The molecular weight excluding hydrogens is 364 g/mol. The first kappa shape index (κ1) is 19.6. The first-order valence-corrected chi connectivity index (χ1v) is 10.6. The zero-order chi connectivity index (χ0) is 19.6. The number of hydrogen-bond acceptors (Lipinski definition) is 4. The van der Waals surface area contributed by atoms with Crippen LogP contribution in [-0.2, 0) is 14.8 Å². The number of nitrogens with one attached hydrogen (secondary N) is 2. The number of carbonyl (C=O) groups excluding carboxylic acids is 1. The van der Waals surface area contributed by atoms with Crippen molar-refractivity contribution in [3.63, 3.8) is 0 Å². The molecule has 1 aliphatic heterocycles. The van der Waals surface area contributed by atoms with Crippen LogP contribution in [0.1, 0.15) is 42.8 Å². The highest BCUT2D eigenvalue weighted by atomic mass is 32.2. The fraction of sp³-hybridized carbons (Fsp3) is 0.474. The molecule has 3 rings (SSSR count). The molecule has 2 heterocycles. The molecule has 1 saturated heterocycles. The van der Waals surface area contributed by atoms with Crippen molar-refractivity contribution < 1.29 is 13.2 Å². The average molecular weight is 391 g/mol. The molecule has 1 aromatic heterocycles. The number of rotatable bonds is 5. The Morgan fingerprint density at radius 2 is 2.00 bits per heavy atom. The van der Waals surface area contributed by atoms with Gasteiger partial charge in [0.05, 0.1) is 23.3 Å². The van der Waals surface area contributed by atoms with E-state index in [1.165, 1.54) is 4.31 Å². The van der Waals surface area contributed by atoms with E-state index >= 15 is 0 Å². The third-order valence-electron chi connectivity index (χ3n) is 5.07. The number of aromatic amines is 1. The van der Waals surface area contributed by atoms with E-state index in [4.69, 9.17) is 0 Å². The van der Waals surface area contributed by atoms with Crippen molar-refractivity contribution >= 4 is 15.9 Å². The molecule has 1 aliphatic rings. The van der Waals surface area contributed by atoms with Gasteiger partial charge in [0.15, 0.2) is 0 Å². The van der Waals surface area contributed by atoms with Crippen LogP contribution in [-0.4, -0.2) is 41.9 Å². The van der Waals surface area contributed by atoms with Crippen LogP contribution in [0.2, 0.25) is 0 Å². The van der Waals surface area contributed by atoms with Gasteiger partial charge in [-0.25, -0.2) is 8.42 Å². The van der Waals surface area contributed by atoms with Crippen molar-refractivity contribution in [1.29, 1.82) is 0 Å². The molecule has 1 amide bonds.